The van der Waals surface area contributed by atoms with Gasteiger partial charge in [-0.3, -0.25) is 4.79 Å². The zero-order valence-corrected chi connectivity index (χ0v) is 16.8. The summed E-state index contributed by atoms with van der Waals surface area (Å²) in [5.74, 6) is 0.674. The fourth-order valence-electron chi connectivity index (χ4n) is 2.86. The summed E-state index contributed by atoms with van der Waals surface area (Å²) in [5, 5.41) is 12.4. The van der Waals surface area contributed by atoms with Gasteiger partial charge in [0.15, 0.2) is 0 Å². The Morgan fingerprint density at radius 3 is 2.44 bits per heavy atom. The van der Waals surface area contributed by atoms with Crippen molar-refractivity contribution in [3.63, 3.8) is 0 Å². The van der Waals surface area contributed by atoms with Crippen LogP contribution in [0.3, 0.4) is 0 Å². The third-order valence-corrected chi connectivity index (χ3v) is 4.55. The molecule has 0 bridgehead atoms. The Bertz CT molecular complexity index is 934. The van der Waals surface area contributed by atoms with Crippen LogP contribution in [0, 0.1) is 32.1 Å². The van der Waals surface area contributed by atoms with E-state index in [0.717, 1.165) is 39.3 Å². The molecule has 1 N–H and O–H groups in total. The molecule has 2 aromatic carbocycles. The number of nitrogens with zero attached hydrogens (tertiary/aromatic N) is 1. The van der Waals surface area contributed by atoms with Gasteiger partial charge in [0, 0.05) is 5.69 Å². The second-order valence-corrected chi connectivity index (χ2v) is 7.05. The van der Waals surface area contributed by atoms with Gasteiger partial charge in [-0.15, -0.1) is 0 Å². The summed E-state index contributed by atoms with van der Waals surface area (Å²) in [6, 6.07) is 11.8. The zero-order valence-electron chi connectivity index (χ0n) is 16.8. The Morgan fingerprint density at radius 1 is 1.15 bits per heavy atom. The summed E-state index contributed by atoms with van der Waals surface area (Å²) < 4.78 is 5.46. The molecule has 0 fully saturated rings. The standard InChI is InChI=1S/C23H26N2O2/c1-14(2)20-12-18(17(5)10-22(20)27-6)11-19(13-24)23(26)25-21-9-15(3)7-8-16(21)4/h7-12,14H,1-6H3,(H,25,26)/b19-11+. The SMILES string of the molecule is COc1cc(C)c(/C=C(\C#N)C(=O)Nc2cc(C)ccc2C)cc1C(C)C. The normalized spacial score (nSPS) is 11.3. The molecule has 0 atom stereocenters. The smallest absolute Gasteiger partial charge is 0.266 e. The molecule has 0 unspecified atom stereocenters. The maximum absolute atomic E-state index is 12.6. The maximum Gasteiger partial charge on any atom is 0.266 e. The molecular formula is C23H26N2O2. The molecule has 0 saturated carbocycles. The highest BCUT2D eigenvalue weighted by Crippen LogP contribution is 2.30. The quantitative estimate of drug-likeness (QED) is 0.581. The predicted molar refractivity (Wildman–Crippen MR) is 110 cm³/mol. The number of aryl methyl sites for hydroxylation is 3. The lowest BCUT2D eigenvalue weighted by Gasteiger charge is -2.15. The van der Waals surface area contributed by atoms with Crippen LogP contribution in [-0.4, -0.2) is 13.0 Å². The highest BCUT2D eigenvalue weighted by Gasteiger charge is 2.14. The minimum absolute atomic E-state index is 0.0684. The van der Waals surface area contributed by atoms with Crippen LogP contribution >= 0.6 is 0 Å². The van der Waals surface area contributed by atoms with Crippen molar-refractivity contribution in [3.8, 4) is 11.8 Å². The molecule has 0 aliphatic heterocycles. The minimum Gasteiger partial charge on any atom is -0.496 e. The molecule has 4 nitrogen and oxygen atoms in total. The van der Waals surface area contributed by atoms with Gasteiger partial charge in [-0.25, -0.2) is 0 Å². The summed E-state index contributed by atoms with van der Waals surface area (Å²) in [4.78, 5) is 12.6. The number of carbonyl (C=O) groups excluding carboxylic acids is 1. The second kappa shape index (κ2) is 8.55. The van der Waals surface area contributed by atoms with Crippen molar-refractivity contribution in [3.05, 3.63) is 63.7 Å². The monoisotopic (exact) mass is 362 g/mol. The van der Waals surface area contributed by atoms with Crippen molar-refractivity contribution in [1.82, 2.24) is 0 Å². The van der Waals surface area contributed by atoms with E-state index in [1.165, 1.54) is 0 Å². The first-order valence-corrected chi connectivity index (χ1v) is 8.95. The lowest BCUT2D eigenvalue weighted by Crippen LogP contribution is -2.14. The van der Waals surface area contributed by atoms with Crippen LogP contribution in [0.25, 0.3) is 6.08 Å². The third kappa shape index (κ3) is 4.77. The van der Waals surface area contributed by atoms with E-state index in [1.807, 2.05) is 57.2 Å². The summed E-state index contributed by atoms with van der Waals surface area (Å²) in [6.45, 7) is 9.99. The summed E-state index contributed by atoms with van der Waals surface area (Å²) >= 11 is 0. The van der Waals surface area contributed by atoms with Crippen LogP contribution in [0.1, 0.15) is 47.6 Å². The average Bonchev–Trinajstić information content (AvgIpc) is 2.63. The predicted octanol–water partition coefficient (Wildman–Crippen LogP) is 5.29. The molecule has 0 aliphatic carbocycles. The van der Waals surface area contributed by atoms with Crippen LogP contribution < -0.4 is 10.1 Å². The molecule has 140 valence electrons. The molecule has 0 saturated heterocycles. The number of nitriles is 1. The van der Waals surface area contributed by atoms with Gasteiger partial charge in [0.1, 0.15) is 17.4 Å². The number of hydrogen-bond donors (Lipinski definition) is 1. The molecule has 2 aromatic rings. The van der Waals surface area contributed by atoms with Gasteiger partial charge in [-0.1, -0.05) is 26.0 Å². The van der Waals surface area contributed by atoms with Gasteiger partial charge in [-0.2, -0.15) is 5.26 Å². The molecule has 0 heterocycles. The molecule has 0 spiro atoms. The fraction of sp³-hybridized carbons (Fsp3) is 0.304. The van der Waals surface area contributed by atoms with E-state index in [9.17, 15) is 10.1 Å². The number of anilines is 1. The van der Waals surface area contributed by atoms with E-state index in [4.69, 9.17) is 4.74 Å². The van der Waals surface area contributed by atoms with Crippen molar-refractivity contribution in [1.29, 1.82) is 5.26 Å². The van der Waals surface area contributed by atoms with Crippen molar-refractivity contribution in [2.75, 3.05) is 12.4 Å². The molecule has 4 heteroatoms. The number of carbonyl (C=O) groups is 1. The Labute approximate surface area is 161 Å². The van der Waals surface area contributed by atoms with E-state index in [1.54, 1.807) is 13.2 Å². The first kappa shape index (κ1) is 20.3. The number of methoxy groups -OCH3 is 1. The van der Waals surface area contributed by atoms with Crippen LogP contribution in [0.5, 0.6) is 5.75 Å². The van der Waals surface area contributed by atoms with Crippen molar-refractivity contribution >= 4 is 17.7 Å². The average molecular weight is 362 g/mol. The van der Waals surface area contributed by atoms with Crippen LogP contribution in [0.2, 0.25) is 0 Å². The van der Waals surface area contributed by atoms with Crippen LogP contribution in [-0.2, 0) is 4.79 Å². The Morgan fingerprint density at radius 2 is 1.85 bits per heavy atom. The van der Waals surface area contributed by atoms with E-state index in [2.05, 4.69) is 19.2 Å². The summed E-state index contributed by atoms with van der Waals surface area (Å²) in [7, 11) is 1.65. The highest BCUT2D eigenvalue weighted by molar-refractivity contribution is 6.10. The fourth-order valence-corrected chi connectivity index (χ4v) is 2.86. The first-order chi connectivity index (χ1) is 12.8. The number of ether oxygens (including phenoxy) is 1. The van der Waals surface area contributed by atoms with Gasteiger partial charge in [-0.05, 0) is 78.8 Å². The van der Waals surface area contributed by atoms with Gasteiger partial charge in [0.25, 0.3) is 5.91 Å². The molecule has 0 aromatic heterocycles. The summed E-state index contributed by atoms with van der Waals surface area (Å²) in [5.41, 5.74) is 5.62. The lowest BCUT2D eigenvalue weighted by atomic mass is 9.95. The first-order valence-electron chi connectivity index (χ1n) is 8.95. The van der Waals surface area contributed by atoms with Crippen molar-refractivity contribution in [2.24, 2.45) is 0 Å². The Kier molecular flexibility index (Phi) is 6.41. The topological polar surface area (TPSA) is 62.1 Å². The molecule has 1 amide bonds. The highest BCUT2D eigenvalue weighted by atomic mass is 16.5. The molecule has 2 rings (SSSR count). The Hall–Kier alpha value is -3.06. The maximum atomic E-state index is 12.6. The third-order valence-electron chi connectivity index (χ3n) is 4.55. The largest absolute Gasteiger partial charge is 0.496 e. The molecule has 0 aliphatic rings. The van der Waals surface area contributed by atoms with E-state index in [0.29, 0.717) is 0 Å². The number of benzene rings is 2. The summed E-state index contributed by atoms with van der Waals surface area (Å²) in [6.07, 6.45) is 1.64. The van der Waals surface area contributed by atoms with E-state index in [-0.39, 0.29) is 11.5 Å². The lowest BCUT2D eigenvalue weighted by molar-refractivity contribution is -0.112. The number of amides is 1. The van der Waals surface area contributed by atoms with Crippen molar-refractivity contribution < 1.29 is 9.53 Å². The zero-order chi connectivity index (χ0) is 20.1. The van der Waals surface area contributed by atoms with Gasteiger partial charge in [0.05, 0.1) is 7.11 Å². The number of nitrogens with one attached hydrogen (secondary N) is 1. The van der Waals surface area contributed by atoms with Gasteiger partial charge >= 0.3 is 0 Å². The van der Waals surface area contributed by atoms with Crippen molar-refractivity contribution in [2.45, 2.75) is 40.5 Å². The minimum atomic E-state index is -0.410. The number of rotatable bonds is 5. The van der Waals surface area contributed by atoms with E-state index < -0.39 is 5.91 Å². The molecule has 27 heavy (non-hydrogen) atoms. The van der Waals surface area contributed by atoms with Crippen LogP contribution in [0.4, 0.5) is 5.69 Å². The van der Waals surface area contributed by atoms with E-state index >= 15 is 0 Å². The van der Waals surface area contributed by atoms with Crippen LogP contribution in [0.15, 0.2) is 35.9 Å². The number of hydrogen-bond acceptors (Lipinski definition) is 3. The second-order valence-electron chi connectivity index (χ2n) is 7.05. The Balaban J connectivity index is 2.41. The molecule has 0 radical (unpaired) electrons. The van der Waals surface area contributed by atoms with Gasteiger partial charge in [0.2, 0.25) is 0 Å². The van der Waals surface area contributed by atoms with Gasteiger partial charge < -0.3 is 10.1 Å². The molecular weight excluding hydrogens is 336 g/mol.